The molecular weight excluding hydrogens is 348 g/mol. The van der Waals surface area contributed by atoms with Crippen LogP contribution in [-0.2, 0) is 28.5 Å². The number of esters is 2. The third kappa shape index (κ3) is 6.32. The fourth-order valence-corrected chi connectivity index (χ4v) is 4.01. The second kappa shape index (κ2) is 7.92. The van der Waals surface area contributed by atoms with Gasteiger partial charge in [-0.05, 0) is 51.4 Å². The maximum atomic E-state index is 12.7. The highest BCUT2D eigenvalue weighted by atomic mass is 16.7. The van der Waals surface area contributed by atoms with Gasteiger partial charge in [0, 0.05) is 5.57 Å². The summed E-state index contributed by atoms with van der Waals surface area (Å²) >= 11 is 0. The van der Waals surface area contributed by atoms with Gasteiger partial charge in [-0.25, -0.2) is 4.79 Å². The lowest BCUT2D eigenvalue weighted by Crippen LogP contribution is -2.55. The van der Waals surface area contributed by atoms with E-state index in [0.717, 1.165) is 19.3 Å². The van der Waals surface area contributed by atoms with Gasteiger partial charge in [0.15, 0.2) is 11.4 Å². The van der Waals surface area contributed by atoms with Gasteiger partial charge in [0.25, 0.3) is 0 Å². The molecule has 1 saturated carbocycles. The average molecular weight is 382 g/mol. The monoisotopic (exact) mass is 382 g/mol. The van der Waals surface area contributed by atoms with Crippen molar-refractivity contribution in [2.75, 3.05) is 13.2 Å². The quantitative estimate of drug-likeness (QED) is 0.532. The molecule has 6 heteroatoms. The molecule has 0 aromatic carbocycles. The van der Waals surface area contributed by atoms with Crippen molar-refractivity contribution < 1.29 is 28.5 Å². The predicted molar refractivity (Wildman–Crippen MR) is 101 cm³/mol. The lowest BCUT2D eigenvalue weighted by atomic mass is 9.71. The van der Waals surface area contributed by atoms with Crippen LogP contribution in [0.3, 0.4) is 0 Å². The molecule has 0 aromatic heterocycles. The normalized spacial score (nSPS) is 28.8. The molecule has 2 atom stereocenters. The summed E-state index contributed by atoms with van der Waals surface area (Å²) in [6.45, 7) is 15.4. The molecule has 0 amide bonds. The van der Waals surface area contributed by atoms with E-state index in [2.05, 4.69) is 27.4 Å². The third-order valence-corrected chi connectivity index (χ3v) is 5.13. The number of ether oxygens (including phenoxy) is 4. The number of carbonyl (C=O) groups is 2. The zero-order valence-corrected chi connectivity index (χ0v) is 17.6. The zero-order chi connectivity index (χ0) is 20.5. The van der Waals surface area contributed by atoms with E-state index in [1.165, 1.54) is 0 Å². The Morgan fingerprint density at radius 2 is 1.70 bits per heavy atom. The summed E-state index contributed by atoms with van der Waals surface area (Å²) in [6, 6.07) is 0. The summed E-state index contributed by atoms with van der Waals surface area (Å²) in [6.07, 6.45) is 2.59. The molecule has 1 saturated heterocycles. The van der Waals surface area contributed by atoms with Gasteiger partial charge >= 0.3 is 11.9 Å². The number of rotatable bonds is 5. The Labute approximate surface area is 162 Å². The molecule has 0 aromatic rings. The van der Waals surface area contributed by atoms with Crippen LogP contribution in [0.1, 0.15) is 67.2 Å². The van der Waals surface area contributed by atoms with E-state index < -0.39 is 23.3 Å². The van der Waals surface area contributed by atoms with Crippen molar-refractivity contribution >= 4 is 11.9 Å². The zero-order valence-electron chi connectivity index (χ0n) is 17.6. The van der Waals surface area contributed by atoms with Crippen molar-refractivity contribution in [3.05, 3.63) is 12.2 Å². The molecule has 1 heterocycles. The molecule has 154 valence electrons. The van der Waals surface area contributed by atoms with Crippen LogP contribution in [0, 0.1) is 11.3 Å². The number of hydrogen-bond acceptors (Lipinski definition) is 6. The van der Waals surface area contributed by atoms with Crippen LogP contribution in [0.15, 0.2) is 12.2 Å². The van der Waals surface area contributed by atoms with E-state index >= 15 is 0 Å². The molecule has 0 bridgehead atoms. The Bertz CT molecular complexity index is 581. The maximum Gasteiger partial charge on any atom is 0.333 e. The molecule has 0 radical (unpaired) electrons. The lowest BCUT2D eigenvalue weighted by Gasteiger charge is -2.43. The lowest BCUT2D eigenvalue weighted by molar-refractivity contribution is -0.304. The van der Waals surface area contributed by atoms with Crippen molar-refractivity contribution in [3.63, 3.8) is 0 Å². The highest BCUT2D eigenvalue weighted by Crippen LogP contribution is 2.40. The van der Waals surface area contributed by atoms with Gasteiger partial charge in [-0.3, -0.25) is 4.79 Å². The van der Waals surface area contributed by atoms with Gasteiger partial charge < -0.3 is 18.9 Å². The van der Waals surface area contributed by atoms with Gasteiger partial charge in [0.05, 0.1) is 19.6 Å². The molecule has 6 nitrogen and oxygen atoms in total. The minimum absolute atomic E-state index is 0.0701. The standard InChI is InChI=1S/C21H34O6/c1-14(2)18(23)27-21(12-24-20(6,7)25-13-21)11-17(22)26-16-8-15(3)9-19(4,5)10-16/h15-16H,1,8-13H2,2-7H3. The Hall–Kier alpha value is -1.40. The van der Waals surface area contributed by atoms with Crippen molar-refractivity contribution in [3.8, 4) is 0 Å². The van der Waals surface area contributed by atoms with Crippen molar-refractivity contribution in [2.45, 2.75) is 84.7 Å². The minimum Gasteiger partial charge on any atom is -0.462 e. The summed E-state index contributed by atoms with van der Waals surface area (Å²) in [5.74, 6) is -1.25. The molecule has 2 rings (SSSR count). The number of hydrogen-bond donors (Lipinski definition) is 0. The summed E-state index contributed by atoms with van der Waals surface area (Å²) < 4.78 is 22.7. The molecule has 1 aliphatic heterocycles. The van der Waals surface area contributed by atoms with Gasteiger partial charge in [0.2, 0.25) is 0 Å². The van der Waals surface area contributed by atoms with Crippen molar-refractivity contribution in [1.82, 2.24) is 0 Å². The first kappa shape index (κ1) is 21.9. The van der Waals surface area contributed by atoms with Gasteiger partial charge in [-0.15, -0.1) is 0 Å². The van der Waals surface area contributed by atoms with E-state index in [9.17, 15) is 9.59 Å². The second-order valence-corrected chi connectivity index (χ2v) is 9.53. The molecule has 2 fully saturated rings. The van der Waals surface area contributed by atoms with Crippen LogP contribution in [0.2, 0.25) is 0 Å². The van der Waals surface area contributed by atoms with E-state index in [4.69, 9.17) is 18.9 Å². The molecule has 27 heavy (non-hydrogen) atoms. The first-order valence-corrected chi connectivity index (χ1v) is 9.68. The van der Waals surface area contributed by atoms with Crippen molar-refractivity contribution in [1.29, 1.82) is 0 Å². The predicted octanol–water partition coefficient (Wildman–Crippen LogP) is 3.78. The molecule has 0 N–H and O–H groups in total. The van der Waals surface area contributed by atoms with Crippen LogP contribution in [-0.4, -0.2) is 42.6 Å². The van der Waals surface area contributed by atoms with Crippen LogP contribution in [0.25, 0.3) is 0 Å². The number of carbonyl (C=O) groups excluding carboxylic acids is 2. The summed E-state index contributed by atoms with van der Waals surface area (Å²) in [7, 11) is 0. The van der Waals surface area contributed by atoms with Crippen molar-refractivity contribution in [2.24, 2.45) is 11.3 Å². The fourth-order valence-electron chi connectivity index (χ4n) is 4.01. The smallest absolute Gasteiger partial charge is 0.333 e. The Morgan fingerprint density at radius 3 is 2.22 bits per heavy atom. The summed E-state index contributed by atoms with van der Waals surface area (Å²) in [4.78, 5) is 24.8. The molecule has 2 aliphatic rings. The fraction of sp³-hybridized carbons (Fsp3) is 0.810. The summed E-state index contributed by atoms with van der Waals surface area (Å²) in [5.41, 5.74) is -0.790. The van der Waals surface area contributed by atoms with Crippen LogP contribution < -0.4 is 0 Å². The van der Waals surface area contributed by atoms with Crippen LogP contribution >= 0.6 is 0 Å². The van der Waals surface area contributed by atoms with E-state index in [1.54, 1.807) is 20.8 Å². The second-order valence-electron chi connectivity index (χ2n) is 9.53. The highest BCUT2D eigenvalue weighted by Gasteiger charge is 2.46. The largest absolute Gasteiger partial charge is 0.462 e. The van der Waals surface area contributed by atoms with Gasteiger partial charge in [0.1, 0.15) is 6.10 Å². The Balaban J connectivity index is 2.05. The maximum absolute atomic E-state index is 12.7. The minimum atomic E-state index is -1.20. The molecular formula is C21H34O6. The first-order valence-electron chi connectivity index (χ1n) is 9.68. The molecule has 2 unspecified atom stereocenters. The van der Waals surface area contributed by atoms with Crippen LogP contribution in [0.4, 0.5) is 0 Å². The van der Waals surface area contributed by atoms with Gasteiger partial charge in [-0.2, -0.15) is 0 Å². The van der Waals surface area contributed by atoms with E-state index in [0.29, 0.717) is 5.92 Å². The SMILES string of the molecule is C=C(C)C(=O)OC1(CC(=O)OC2CC(C)CC(C)(C)C2)COC(C)(C)OC1. The molecule has 0 spiro atoms. The van der Waals surface area contributed by atoms with E-state index in [-0.39, 0.29) is 36.7 Å². The Morgan fingerprint density at radius 1 is 1.11 bits per heavy atom. The van der Waals surface area contributed by atoms with Crippen LogP contribution in [0.5, 0.6) is 0 Å². The van der Waals surface area contributed by atoms with Gasteiger partial charge in [-0.1, -0.05) is 27.4 Å². The average Bonchev–Trinajstić information content (AvgIpc) is 2.48. The Kier molecular flexibility index (Phi) is 6.42. The third-order valence-electron chi connectivity index (χ3n) is 5.13. The summed E-state index contributed by atoms with van der Waals surface area (Å²) in [5, 5.41) is 0. The topological polar surface area (TPSA) is 71.1 Å². The highest BCUT2D eigenvalue weighted by molar-refractivity contribution is 5.87. The van der Waals surface area contributed by atoms with E-state index in [1.807, 2.05) is 0 Å². The molecule has 1 aliphatic carbocycles. The first-order chi connectivity index (χ1) is 12.3.